The summed E-state index contributed by atoms with van der Waals surface area (Å²) in [6.07, 6.45) is 1.51. The van der Waals surface area contributed by atoms with Crippen molar-refractivity contribution in [2.24, 2.45) is 0 Å². The summed E-state index contributed by atoms with van der Waals surface area (Å²) >= 11 is 0. The van der Waals surface area contributed by atoms with Gasteiger partial charge in [-0.05, 0) is 25.1 Å². The Kier molecular flexibility index (Phi) is 6.52. The minimum atomic E-state index is -1.09. The van der Waals surface area contributed by atoms with Crippen molar-refractivity contribution in [1.29, 1.82) is 0 Å². The molecule has 0 aromatic heterocycles. The van der Waals surface area contributed by atoms with Gasteiger partial charge in [0.05, 0.1) is 13.0 Å². The zero-order chi connectivity index (χ0) is 15.8. The van der Waals surface area contributed by atoms with Crippen molar-refractivity contribution in [2.45, 2.75) is 13.3 Å². The number of carbonyl (C=O) groups is 2. The zero-order valence-electron chi connectivity index (χ0n) is 11.8. The number of ether oxygens (including phenoxy) is 1. The molecule has 4 nitrogen and oxygen atoms in total. The van der Waals surface area contributed by atoms with Crippen LogP contribution in [0.1, 0.15) is 23.7 Å². The smallest absolute Gasteiger partial charge is 0.307 e. The molecule has 0 aliphatic rings. The fourth-order valence-corrected chi connectivity index (χ4v) is 1.70. The molecule has 6 heteroatoms. The second-order valence-electron chi connectivity index (χ2n) is 4.22. The molecule has 1 amide bonds. The summed E-state index contributed by atoms with van der Waals surface area (Å²) in [5.41, 5.74) is 0.0135. The van der Waals surface area contributed by atoms with Gasteiger partial charge in [-0.2, -0.15) is 0 Å². The van der Waals surface area contributed by atoms with Gasteiger partial charge in [-0.1, -0.05) is 6.08 Å². The van der Waals surface area contributed by atoms with Crippen LogP contribution < -0.4 is 0 Å². The number of esters is 1. The van der Waals surface area contributed by atoms with Crippen molar-refractivity contribution in [3.05, 3.63) is 48.1 Å². The largest absolute Gasteiger partial charge is 0.466 e. The molecule has 0 N–H and O–H groups in total. The minimum Gasteiger partial charge on any atom is -0.466 e. The molecule has 1 aromatic rings. The molecule has 0 spiro atoms. The Morgan fingerprint density at radius 1 is 1.33 bits per heavy atom. The van der Waals surface area contributed by atoms with Gasteiger partial charge >= 0.3 is 5.97 Å². The maximum absolute atomic E-state index is 13.2. The number of carbonyl (C=O) groups excluding carboxylic acids is 2. The number of hydrogen-bond acceptors (Lipinski definition) is 3. The van der Waals surface area contributed by atoms with Crippen LogP contribution in [0.3, 0.4) is 0 Å². The molecular formula is C15H17F2NO3. The second kappa shape index (κ2) is 8.14. The summed E-state index contributed by atoms with van der Waals surface area (Å²) in [4.78, 5) is 24.8. The first-order valence-electron chi connectivity index (χ1n) is 6.50. The fourth-order valence-electron chi connectivity index (χ4n) is 1.70. The van der Waals surface area contributed by atoms with Gasteiger partial charge in [-0.3, -0.25) is 9.59 Å². The van der Waals surface area contributed by atoms with Gasteiger partial charge in [-0.25, -0.2) is 8.78 Å². The van der Waals surface area contributed by atoms with Crippen LogP contribution in [0.25, 0.3) is 0 Å². The molecule has 21 heavy (non-hydrogen) atoms. The topological polar surface area (TPSA) is 46.6 Å². The van der Waals surface area contributed by atoms with Crippen molar-refractivity contribution in [3.63, 3.8) is 0 Å². The van der Waals surface area contributed by atoms with E-state index in [-0.39, 0.29) is 31.7 Å². The Hall–Kier alpha value is -2.24. The van der Waals surface area contributed by atoms with E-state index < -0.39 is 23.5 Å². The van der Waals surface area contributed by atoms with E-state index in [1.165, 1.54) is 17.0 Å². The number of rotatable bonds is 7. The highest BCUT2D eigenvalue weighted by Gasteiger charge is 2.17. The predicted octanol–water partition coefficient (Wildman–Crippen LogP) is 2.55. The second-order valence-corrected chi connectivity index (χ2v) is 4.22. The highest BCUT2D eigenvalue weighted by atomic mass is 19.2. The molecule has 0 heterocycles. The van der Waals surface area contributed by atoms with E-state index in [1.807, 2.05) is 0 Å². The van der Waals surface area contributed by atoms with E-state index in [1.54, 1.807) is 6.92 Å². The normalized spacial score (nSPS) is 10.0. The van der Waals surface area contributed by atoms with Crippen molar-refractivity contribution in [2.75, 3.05) is 19.7 Å². The molecular weight excluding hydrogens is 280 g/mol. The fraction of sp³-hybridized carbons (Fsp3) is 0.333. The van der Waals surface area contributed by atoms with Crippen LogP contribution in [0.4, 0.5) is 8.78 Å². The van der Waals surface area contributed by atoms with Crippen LogP contribution in [0, 0.1) is 11.6 Å². The predicted molar refractivity (Wildman–Crippen MR) is 73.7 cm³/mol. The molecule has 0 bridgehead atoms. The molecule has 0 fully saturated rings. The number of amides is 1. The molecule has 1 rings (SSSR count). The lowest BCUT2D eigenvalue weighted by Crippen LogP contribution is -2.33. The Labute approximate surface area is 122 Å². The third kappa shape index (κ3) is 4.98. The third-order valence-electron chi connectivity index (χ3n) is 2.69. The molecule has 0 saturated heterocycles. The van der Waals surface area contributed by atoms with Crippen molar-refractivity contribution < 1.29 is 23.1 Å². The van der Waals surface area contributed by atoms with E-state index >= 15 is 0 Å². The average molecular weight is 297 g/mol. The lowest BCUT2D eigenvalue weighted by Gasteiger charge is -2.20. The van der Waals surface area contributed by atoms with Crippen LogP contribution in [0.2, 0.25) is 0 Å². The minimum absolute atomic E-state index is 0.0135. The standard InChI is InChI=1S/C15H17F2NO3/c1-3-8-18(9-7-14(19)21-4-2)15(20)11-5-6-12(16)13(17)10-11/h3,5-6,10H,1,4,7-9H2,2H3. The first-order valence-corrected chi connectivity index (χ1v) is 6.50. The summed E-state index contributed by atoms with van der Waals surface area (Å²) in [6, 6.07) is 2.92. The number of benzene rings is 1. The molecule has 1 aromatic carbocycles. The highest BCUT2D eigenvalue weighted by molar-refractivity contribution is 5.94. The van der Waals surface area contributed by atoms with Gasteiger partial charge in [0.1, 0.15) is 0 Å². The third-order valence-corrected chi connectivity index (χ3v) is 2.69. The van der Waals surface area contributed by atoms with Gasteiger partial charge in [0, 0.05) is 18.7 Å². The van der Waals surface area contributed by atoms with Crippen LogP contribution in [-0.4, -0.2) is 36.5 Å². The summed E-state index contributed by atoms with van der Waals surface area (Å²) in [5.74, 6) is -3.04. The van der Waals surface area contributed by atoms with E-state index in [9.17, 15) is 18.4 Å². The first-order chi connectivity index (χ1) is 9.99. The van der Waals surface area contributed by atoms with Crippen LogP contribution in [0.15, 0.2) is 30.9 Å². The van der Waals surface area contributed by atoms with Crippen molar-refractivity contribution in [1.82, 2.24) is 4.90 Å². The quantitative estimate of drug-likeness (QED) is 0.574. The van der Waals surface area contributed by atoms with E-state index in [4.69, 9.17) is 4.74 Å². The maximum atomic E-state index is 13.2. The van der Waals surface area contributed by atoms with Gasteiger partial charge in [0.15, 0.2) is 11.6 Å². The van der Waals surface area contributed by atoms with Crippen LogP contribution >= 0.6 is 0 Å². The molecule has 0 aliphatic heterocycles. The van der Waals surface area contributed by atoms with Crippen molar-refractivity contribution in [3.8, 4) is 0 Å². The number of nitrogens with zero attached hydrogens (tertiary/aromatic N) is 1. The Balaban J connectivity index is 2.78. The summed E-state index contributed by atoms with van der Waals surface area (Å²) in [7, 11) is 0. The molecule has 0 unspecified atom stereocenters. The van der Waals surface area contributed by atoms with E-state index in [0.717, 1.165) is 12.1 Å². The average Bonchev–Trinajstić information content (AvgIpc) is 2.46. The molecule has 0 radical (unpaired) electrons. The lowest BCUT2D eigenvalue weighted by molar-refractivity contribution is -0.143. The number of hydrogen-bond donors (Lipinski definition) is 0. The highest BCUT2D eigenvalue weighted by Crippen LogP contribution is 2.11. The lowest BCUT2D eigenvalue weighted by atomic mass is 10.2. The monoisotopic (exact) mass is 297 g/mol. The summed E-state index contributed by atoms with van der Waals surface area (Å²) in [6.45, 7) is 5.78. The van der Waals surface area contributed by atoms with Crippen molar-refractivity contribution >= 4 is 11.9 Å². The SMILES string of the molecule is C=CCN(CCC(=O)OCC)C(=O)c1ccc(F)c(F)c1. The molecule has 0 saturated carbocycles. The van der Waals surface area contributed by atoms with Gasteiger partial charge < -0.3 is 9.64 Å². The van der Waals surface area contributed by atoms with Gasteiger partial charge in [-0.15, -0.1) is 6.58 Å². The Morgan fingerprint density at radius 3 is 2.62 bits per heavy atom. The number of halogens is 2. The molecule has 114 valence electrons. The maximum Gasteiger partial charge on any atom is 0.307 e. The first kappa shape index (κ1) is 16.8. The van der Waals surface area contributed by atoms with Crippen LogP contribution in [-0.2, 0) is 9.53 Å². The zero-order valence-corrected chi connectivity index (χ0v) is 11.8. The van der Waals surface area contributed by atoms with E-state index in [0.29, 0.717) is 0 Å². The van der Waals surface area contributed by atoms with Crippen LogP contribution in [0.5, 0.6) is 0 Å². The van der Waals surface area contributed by atoms with Gasteiger partial charge in [0.2, 0.25) is 0 Å². The van der Waals surface area contributed by atoms with E-state index in [2.05, 4.69) is 6.58 Å². The summed E-state index contributed by atoms with van der Waals surface area (Å²) in [5, 5.41) is 0. The Morgan fingerprint density at radius 2 is 2.05 bits per heavy atom. The summed E-state index contributed by atoms with van der Waals surface area (Å²) < 4.78 is 30.8. The van der Waals surface area contributed by atoms with Gasteiger partial charge in [0.25, 0.3) is 5.91 Å². The molecule has 0 atom stereocenters. The molecule has 0 aliphatic carbocycles. The Bertz CT molecular complexity index is 532.